The predicted octanol–water partition coefficient (Wildman–Crippen LogP) is -1.99. The van der Waals surface area contributed by atoms with E-state index in [1.165, 1.54) is 0 Å². The molecule has 2 nitrogen and oxygen atoms in total. The molecule has 0 aliphatic rings. The van der Waals surface area contributed by atoms with Crippen LogP contribution >= 0.6 is 0 Å². The first-order valence-corrected chi connectivity index (χ1v) is 3.95. The van der Waals surface area contributed by atoms with E-state index in [4.69, 9.17) is 4.74 Å². The summed E-state index contributed by atoms with van der Waals surface area (Å²) in [6.07, 6.45) is 0. The number of carbonyl (C=O) groups is 1. The van der Waals surface area contributed by atoms with Gasteiger partial charge in [0.05, 0.1) is 0 Å². The van der Waals surface area contributed by atoms with Crippen LogP contribution in [-0.4, -0.2) is 27.8 Å². The fourth-order valence-corrected chi connectivity index (χ4v) is 1.17. The number of para-hydroxylation sites is 1. The molecule has 4 heteroatoms. The first-order valence-electron chi connectivity index (χ1n) is 3.10. The molecule has 0 amide bonds. The second-order valence-corrected chi connectivity index (χ2v) is 2.77. The van der Waals surface area contributed by atoms with Crippen molar-refractivity contribution in [2.24, 2.45) is 0 Å². The molecule has 1 aromatic carbocycles. The Balaban J connectivity index is 0.00000121. The molecule has 1 aromatic rings. The first-order chi connectivity index (χ1) is 5.25. The van der Waals surface area contributed by atoms with Gasteiger partial charge in [0.15, 0.2) is 0 Å². The van der Waals surface area contributed by atoms with Crippen molar-refractivity contribution in [2.75, 3.05) is 7.11 Å². The molecule has 0 N–H and O–H groups in total. The Bertz CT molecular complexity index is 276. The summed E-state index contributed by atoms with van der Waals surface area (Å²) in [6, 6.07) is 7.10. The number of hydrogen-bond donors (Lipinski definition) is 0. The molecule has 0 heterocycles. The Morgan fingerprint density at radius 1 is 1.42 bits per heavy atom. The third-order valence-corrected chi connectivity index (χ3v) is 1.79. The van der Waals surface area contributed by atoms with E-state index < -0.39 is 0 Å². The molecular formula is C8H7KO2Se. The number of carbonyl (C=O) groups excluding carboxylic acids is 1. The van der Waals surface area contributed by atoms with Gasteiger partial charge in [0.2, 0.25) is 0 Å². The monoisotopic (exact) mass is 254 g/mol. The summed E-state index contributed by atoms with van der Waals surface area (Å²) in [4.78, 5) is 10.9. The fourth-order valence-electron chi connectivity index (χ4n) is 0.813. The summed E-state index contributed by atoms with van der Waals surface area (Å²) in [5.41, 5.74) is 0.579. The molecule has 1 rings (SSSR count). The Kier molecular flexibility index (Phi) is 6.77. The van der Waals surface area contributed by atoms with Gasteiger partial charge in [-0.3, -0.25) is 0 Å². The number of methoxy groups -OCH3 is 1. The van der Waals surface area contributed by atoms with Gasteiger partial charge in [-0.2, -0.15) is 0 Å². The maximum Gasteiger partial charge on any atom is 1.00 e. The molecule has 0 fully saturated rings. The van der Waals surface area contributed by atoms with Crippen molar-refractivity contribution in [3.63, 3.8) is 0 Å². The summed E-state index contributed by atoms with van der Waals surface area (Å²) >= 11 is 2.41. The van der Waals surface area contributed by atoms with Gasteiger partial charge in [0, 0.05) is 0 Å². The van der Waals surface area contributed by atoms with Crippen LogP contribution in [-0.2, 0) is 0 Å². The Morgan fingerprint density at radius 3 is 2.42 bits per heavy atom. The molecule has 0 atom stereocenters. The van der Waals surface area contributed by atoms with E-state index in [9.17, 15) is 4.79 Å². The first kappa shape index (κ1) is 12.8. The summed E-state index contributed by atoms with van der Waals surface area (Å²) < 4.78 is 4.87. The summed E-state index contributed by atoms with van der Waals surface area (Å²) in [5, 5.41) is 0. The quantitative estimate of drug-likeness (QED) is 0.570. The third kappa shape index (κ3) is 3.30. The van der Waals surface area contributed by atoms with E-state index in [-0.39, 0.29) is 56.1 Å². The summed E-state index contributed by atoms with van der Waals surface area (Å²) in [5.74, 6) is 0.608. The van der Waals surface area contributed by atoms with Crippen molar-refractivity contribution in [3.05, 3.63) is 29.8 Å². The molecule has 58 valence electrons. The summed E-state index contributed by atoms with van der Waals surface area (Å²) in [7, 11) is 1.54. The van der Waals surface area contributed by atoms with Gasteiger partial charge in [-0.1, -0.05) is 0 Å². The molecule has 0 aliphatic carbocycles. The minimum absolute atomic E-state index is 0. The van der Waals surface area contributed by atoms with Gasteiger partial charge in [-0.15, -0.1) is 0 Å². The van der Waals surface area contributed by atoms with Crippen molar-refractivity contribution in [2.45, 2.75) is 0 Å². The summed E-state index contributed by atoms with van der Waals surface area (Å²) in [6.45, 7) is 0. The average molecular weight is 253 g/mol. The van der Waals surface area contributed by atoms with Crippen LogP contribution in [0.2, 0.25) is 0 Å². The van der Waals surface area contributed by atoms with E-state index >= 15 is 0 Å². The van der Waals surface area contributed by atoms with Crippen LogP contribution < -0.4 is 56.1 Å². The average Bonchev–Trinajstić information content (AvgIpc) is 2.04. The molecular weight excluding hydrogens is 246 g/mol. The Labute approximate surface area is 122 Å². The van der Waals surface area contributed by atoms with E-state index in [1.54, 1.807) is 25.3 Å². The largest absolute Gasteiger partial charge is 1.00 e. The number of ether oxygens (including phenoxy) is 1. The number of hydrogen-bond acceptors (Lipinski definition) is 2. The second kappa shape index (κ2) is 6.32. The molecule has 12 heavy (non-hydrogen) atoms. The van der Waals surface area contributed by atoms with E-state index in [2.05, 4.69) is 16.0 Å². The van der Waals surface area contributed by atoms with Crippen LogP contribution in [0.3, 0.4) is 0 Å². The van der Waals surface area contributed by atoms with Crippen molar-refractivity contribution >= 4 is 20.7 Å². The van der Waals surface area contributed by atoms with Crippen LogP contribution in [0.4, 0.5) is 0 Å². The van der Waals surface area contributed by atoms with Gasteiger partial charge in [-0.05, 0) is 0 Å². The third-order valence-electron chi connectivity index (χ3n) is 1.33. The maximum atomic E-state index is 10.9. The Morgan fingerprint density at radius 2 is 2.00 bits per heavy atom. The Hall–Kier alpha value is 0.846. The smallest absolute Gasteiger partial charge is 1.00 e. The van der Waals surface area contributed by atoms with Gasteiger partial charge in [0.25, 0.3) is 0 Å². The topological polar surface area (TPSA) is 26.3 Å². The van der Waals surface area contributed by atoms with Crippen LogP contribution in [0, 0.1) is 0 Å². The molecule has 0 spiro atoms. The standard InChI is InChI=1S/C8H8O2Se.K/c1-10-7-5-3-2-4-6(7)8(9)11;/h2-5H,1H3,(H,9,11);/q;+1/p-1. The van der Waals surface area contributed by atoms with Crippen LogP contribution in [0.1, 0.15) is 10.4 Å². The van der Waals surface area contributed by atoms with Gasteiger partial charge < -0.3 is 0 Å². The van der Waals surface area contributed by atoms with Crippen molar-refractivity contribution in [1.82, 2.24) is 0 Å². The van der Waals surface area contributed by atoms with E-state index in [1.807, 2.05) is 6.07 Å². The maximum absolute atomic E-state index is 10.9. The molecule has 0 aliphatic heterocycles. The van der Waals surface area contributed by atoms with E-state index in [0.29, 0.717) is 11.3 Å². The molecule has 0 saturated carbocycles. The second-order valence-electron chi connectivity index (χ2n) is 1.99. The predicted molar refractivity (Wildman–Crippen MR) is 43.1 cm³/mol. The van der Waals surface area contributed by atoms with Crippen LogP contribution in [0.25, 0.3) is 0 Å². The zero-order chi connectivity index (χ0) is 8.27. The zero-order valence-corrected chi connectivity index (χ0v) is 11.9. The fraction of sp³-hybridized carbons (Fsp3) is 0.125. The van der Waals surface area contributed by atoms with Crippen LogP contribution in [0.15, 0.2) is 24.3 Å². The van der Waals surface area contributed by atoms with Gasteiger partial charge in [0.1, 0.15) is 0 Å². The SMILES string of the molecule is COc1ccccc1C(=O)[Se-].[K+]. The molecule has 0 saturated heterocycles. The molecule has 0 radical (unpaired) electrons. The van der Waals surface area contributed by atoms with Gasteiger partial charge in [-0.25, -0.2) is 0 Å². The normalized spacial score (nSPS) is 8.42. The molecule has 0 bridgehead atoms. The van der Waals surface area contributed by atoms with E-state index in [0.717, 1.165) is 0 Å². The van der Waals surface area contributed by atoms with Crippen molar-refractivity contribution in [3.8, 4) is 5.75 Å². The minimum atomic E-state index is -0.0950. The zero-order valence-electron chi connectivity index (χ0n) is 7.03. The minimum Gasteiger partial charge on any atom is 1.00 e. The van der Waals surface area contributed by atoms with Crippen molar-refractivity contribution in [1.29, 1.82) is 0 Å². The van der Waals surface area contributed by atoms with Crippen molar-refractivity contribution < 1.29 is 60.9 Å². The number of benzene rings is 1. The van der Waals surface area contributed by atoms with Crippen LogP contribution in [0.5, 0.6) is 5.75 Å². The molecule has 0 unspecified atom stereocenters. The number of rotatable bonds is 2. The molecule has 0 aromatic heterocycles. The van der Waals surface area contributed by atoms with Gasteiger partial charge >= 0.3 is 124 Å².